The van der Waals surface area contributed by atoms with Crippen LogP contribution in [0.15, 0.2) is 59.5 Å². The van der Waals surface area contributed by atoms with E-state index in [0.717, 1.165) is 39.4 Å². The average molecular weight is 387 g/mol. The predicted octanol–water partition coefficient (Wildman–Crippen LogP) is 4.43. The van der Waals surface area contributed by atoms with E-state index in [0.29, 0.717) is 18.3 Å². The summed E-state index contributed by atoms with van der Waals surface area (Å²) in [5.74, 6) is 2.05. The van der Waals surface area contributed by atoms with Crippen molar-refractivity contribution in [2.24, 2.45) is 0 Å². The molecule has 0 spiro atoms. The number of nitrogens with one attached hydrogen (secondary N) is 1. The molecule has 7 heteroatoms. The molecule has 0 aliphatic rings. The molecular formula is C22H21N5O2. The molecule has 0 saturated heterocycles. The van der Waals surface area contributed by atoms with E-state index in [9.17, 15) is 0 Å². The van der Waals surface area contributed by atoms with Gasteiger partial charge in [-0.05, 0) is 37.6 Å². The van der Waals surface area contributed by atoms with Gasteiger partial charge in [0, 0.05) is 36.3 Å². The van der Waals surface area contributed by atoms with Gasteiger partial charge in [0.2, 0.25) is 5.95 Å². The van der Waals surface area contributed by atoms with Gasteiger partial charge in [-0.3, -0.25) is 4.98 Å². The maximum absolute atomic E-state index is 5.42. The maximum atomic E-state index is 5.42. The van der Waals surface area contributed by atoms with Crippen molar-refractivity contribution in [3.63, 3.8) is 0 Å². The second-order valence-electron chi connectivity index (χ2n) is 6.56. The highest BCUT2D eigenvalue weighted by Crippen LogP contribution is 2.34. The second kappa shape index (κ2) is 8.10. The Morgan fingerprint density at radius 2 is 1.86 bits per heavy atom. The van der Waals surface area contributed by atoms with Crippen molar-refractivity contribution in [2.75, 3.05) is 12.4 Å². The number of benzene rings is 1. The van der Waals surface area contributed by atoms with Gasteiger partial charge in [-0.1, -0.05) is 23.4 Å². The molecule has 0 aliphatic heterocycles. The van der Waals surface area contributed by atoms with Gasteiger partial charge in [-0.2, -0.15) is 0 Å². The Kier molecular flexibility index (Phi) is 5.20. The second-order valence-corrected chi connectivity index (χ2v) is 6.56. The topological polar surface area (TPSA) is 86.0 Å². The van der Waals surface area contributed by atoms with E-state index >= 15 is 0 Å². The number of pyridine rings is 1. The molecule has 3 aromatic heterocycles. The van der Waals surface area contributed by atoms with Gasteiger partial charge in [-0.25, -0.2) is 9.97 Å². The van der Waals surface area contributed by atoms with Crippen molar-refractivity contribution in [1.29, 1.82) is 0 Å². The van der Waals surface area contributed by atoms with Crippen molar-refractivity contribution >= 4 is 5.95 Å². The van der Waals surface area contributed by atoms with Crippen molar-refractivity contribution in [2.45, 2.75) is 20.4 Å². The molecule has 3 heterocycles. The number of para-hydroxylation sites is 1. The first-order valence-electron chi connectivity index (χ1n) is 9.24. The lowest BCUT2D eigenvalue weighted by molar-refractivity contribution is 0.393. The van der Waals surface area contributed by atoms with Gasteiger partial charge >= 0.3 is 0 Å². The molecule has 7 nitrogen and oxygen atoms in total. The van der Waals surface area contributed by atoms with E-state index in [1.54, 1.807) is 19.5 Å². The summed E-state index contributed by atoms with van der Waals surface area (Å²) >= 11 is 0. The van der Waals surface area contributed by atoms with Crippen molar-refractivity contribution in [1.82, 2.24) is 20.1 Å². The largest absolute Gasteiger partial charge is 0.496 e. The van der Waals surface area contributed by atoms with E-state index in [2.05, 4.69) is 20.4 Å². The van der Waals surface area contributed by atoms with E-state index in [1.165, 1.54) is 0 Å². The highest BCUT2D eigenvalue weighted by molar-refractivity contribution is 5.82. The van der Waals surface area contributed by atoms with E-state index in [4.69, 9.17) is 14.2 Å². The predicted molar refractivity (Wildman–Crippen MR) is 111 cm³/mol. The zero-order valence-electron chi connectivity index (χ0n) is 16.5. The summed E-state index contributed by atoms with van der Waals surface area (Å²) in [7, 11) is 1.66. The molecule has 0 saturated carbocycles. The first-order valence-corrected chi connectivity index (χ1v) is 9.24. The van der Waals surface area contributed by atoms with Crippen LogP contribution >= 0.6 is 0 Å². The summed E-state index contributed by atoms with van der Waals surface area (Å²) in [5.41, 5.74) is 5.32. The third-order valence-electron chi connectivity index (χ3n) is 4.68. The fraction of sp³-hybridized carbons (Fsp3) is 0.182. The minimum atomic E-state index is 0.517. The Balaban J connectivity index is 1.73. The van der Waals surface area contributed by atoms with E-state index < -0.39 is 0 Å². The standard InChI is InChI=1S/C22H21N5O2/c1-14-20(15(2)29-27-14)21-18(16-8-10-23-11-9-16)13-25-22(26-21)24-12-17-6-4-5-7-19(17)28-3/h4-11,13H,12H2,1-3H3,(H,24,25,26). The number of hydrogen-bond acceptors (Lipinski definition) is 7. The fourth-order valence-electron chi connectivity index (χ4n) is 3.24. The van der Waals surface area contributed by atoms with Gasteiger partial charge in [0.15, 0.2) is 0 Å². The molecule has 4 rings (SSSR count). The highest BCUT2D eigenvalue weighted by Gasteiger charge is 2.19. The number of aryl methyl sites for hydroxylation is 2. The van der Waals surface area contributed by atoms with Crippen LogP contribution in [0.1, 0.15) is 17.0 Å². The molecule has 0 aliphatic carbocycles. The zero-order chi connectivity index (χ0) is 20.2. The lowest BCUT2D eigenvalue weighted by atomic mass is 10.0. The molecule has 29 heavy (non-hydrogen) atoms. The quantitative estimate of drug-likeness (QED) is 0.524. The average Bonchev–Trinajstić information content (AvgIpc) is 3.10. The molecule has 0 radical (unpaired) electrons. The smallest absolute Gasteiger partial charge is 0.223 e. The van der Waals surface area contributed by atoms with Gasteiger partial charge < -0.3 is 14.6 Å². The summed E-state index contributed by atoms with van der Waals surface area (Å²) in [6, 6.07) is 11.7. The van der Waals surface area contributed by atoms with Crippen LogP contribution in [-0.2, 0) is 6.54 Å². The molecule has 0 atom stereocenters. The lowest BCUT2D eigenvalue weighted by Crippen LogP contribution is -2.06. The molecule has 1 aromatic carbocycles. The molecule has 0 amide bonds. The molecule has 4 aromatic rings. The van der Waals surface area contributed by atoms with Crippen LogP contribution in [0.5, 0.6) is 5.75 Å². The summed E-state index contributed by atoms with van der Waals surface area (Å²) in [6.07, 6.45) is 5.31. The molecular weight excluding hydrogens is 366 g/mol. The number of hydrogen-bond donors (Lipinski definition) is 1. The first kappa shape index (κ1) is 18.6. The minimum Gasteiger partial charge on any atom is -0.496 e. The van der Waals surface area contributed by atoms with Crippen LogP contribution < -0.4 is 10.1 Å². The molecule has 1 N–H and O–H groups in total. The third kappa shape index (κ3) is 3.80. The third-order valence-corrected chi connectivity index (χ3v) is 4.68. The van der Waals surface area contributed by atoms with Gasteiger partial charge in [0.25, 0.3) is 0 Å². The Labute approximate surface area is 168 Å². The summed E-state index contributed by atoms with van der Waals surface area (Å²) in [5, 5.41) is 7.38. The number of aromatic nitrogens is 4. The van der Waals surface area contributed by atoms with Gasteiger partial charge in [0.05, 0.1) is 24.1 Å². The zero-order valence-corrected chi connectivity index (χ0v) is 16.5. The SMILES string of the molecule is COc1ccccc1CNc1ncc(-c2ccncc2)c(-c2c(C)noc2C)n1. The van der Waals surface area contributed by atoms with Crippen LogP contribution in [0.4, 0.5) is 5.95 Å². The highest BCUT2D eigenvalue weighted by atomic mass is 16.5. The van der Waals surface area contributed by atoms with Crippen molar-refractivity contribution in [3.8, 4) is 28.1 Å². The summed E-state index contributed by atoms with van der Waals surface area (Å²) < 4.78 is 10.8. The van der Waals surface area contributed by atoms with Crippen LogP contribution in [-0.4, -0.2) is 27.2 Å². The Bertz CT molecular complexity index is 1110. The number of anilines is 1. The van der Waals surface area contributed by atoms with Crippen LogP contribution in [0.3, 0.4) is 0 Å². The van der Waals surface area contributed by atoms with Gasteiger partial charge in [-0.15, -0.1) is 0 Å². The molecule has 146 valence electrons. The van der Waals surface area contributed by atoms with E-state index in [-0.39, 0.29) is 0 Å². The number of rotatable bonds is 6. The normalized spacial score (nSPS) is 10.7. The maximum Gasteiger partial charge on any atom is 0.223 e. The van der Waals surface area contributed by atoms with Crippen LogP contribution in [0.2, 0.25) is 0 Å². The first-order chi connectivity index (χ1) is 14.2. The van der Waals surface area contributed by atoms with Crippen LogP contribution in [0.25, 0.3) is 22.4 Å². The number of nitrogens with zero attached hydrogens (tertiary/aromatic N) is 4. The van der Waals surface area contributed by atoms with Gasteiger partial charge in [0.1, 0.15) is 11.5 Å². The van der Waals surface area contributed by atoms with Crippen LogP contribution in [0, 0.1) is 13.8 Å². The summed E-state index contributed by atoms with van der Waals surface area (Å²) in [4.78, 5) is 13.4. The molecule has 0 fully saturated rings. The Morgan fingerprint density at radius 1 is 1.07 bits per heavy atom. The molecule has 0 unspecified atom stereocenters. The van der Waals surface area contributed by atoms with Crippen molar-refractivity contribution in [3.05, 3.63) is 72.0 Å². The summed E-state index contributed by atoms with van der Waals surface area (Å²) in [6.45, 7) is 4.33. The Hall–Kier alpha value is -3.74. The van der Waals surface area contributed by atoms with Crippen molar-refractivity contribution < 1.29 is 9.26 Å². The number of ether oxygens (including phenoxy) is 1. The fourth-order valence-corrected chi connectivity index (χ4v) is 3.24. The molecule has 0 bridgehead atoms. The lowest BCUT2D eigenvalue weighted by Gasteiger charge is -2.13. The monoisotopic (exact) mass is 387 g/mol. The number of methoxy groups -OCH3 is 1. The minimum absolute atomic E-state index is 0.517. The Morgan fingerprint density at radius 3 is 2.59 bits per heavy atom. The van der Waals surface area contributed by atoms with E-state index in [1.807, 2.05) is 56.4 Å².